The van der Waals surface area contributed by atoms with Crippen LogP contribution in [-0.2, 0) is 7.05 Å². The third kappa shape index (κ3) is 4.05. The molecule has 8 nitrogen and oxygen atoms in total. The molecule has 0 spiro atoms. The Morgan fingerprint density at radius 2 is 1.84 bits per heavy atom. The minimum Gasteiger partial charge on any atom is -0.496 e. The fourth-order valence-electron chi connectivity index (χ4n) is 3.97. The minimum atomic E-state index is -0.0695. The lowest BCUT2D eigenvalue weighted by Gasteiger charge is -2.36. The normalized spacial score (nSPS) is 13.9. The molecule has 1 aliphatic rings. The van der Waals surface area contributed by atoms with Crippen molar-refractivity contribution in [3.05, 3.63) is 64.4 Å². The second-order valence-electron chi connectivity index (χ2n) is 7.67. The molecule has 0 saturated carbocycles. The number of benzene rings is 2. The van der Waals surface area contributed by atoms with Crippen molar-refractivity contribution in [1.29, 1.82) is 0 Å². The molecule has 32 heavy (non-hydrogen) atoms. The van der Waals surface area contributed by atoms with E-state index in [-0.39, 0.29) is 5.91 Å². The van der Waals surface area contributed by atoms with Gasteiger partial charge in [0.05, 0.1) is 24.1 Å². The van der Waals surface area contributed by atoms with Gasteiger partial charge in [0, 0.05) is 60.6 Å². The van der Waals surface area contributed by atoms with E-state index in [1.54, 1.807) is 30.1 Å². The van der Waals surface area contributed by atoms with Crippen molar-refractivity contribution in [3.63, 3.8) is 0 Å². The first-order chi connectivity index (χ1) is 15.4. The van der Waals surface area contributed by atoms with Crippen LogP contribution in [0.15, 0.2) is 48.8 Å². The lowest BCUT2D eigenvalue weighted by atomic mass is 10.1. The van der Waals surface area contributed by atoms with Crippen LogP contribution in [0, 0.1) is 4.91 Å². The molecule has 0 bridgehead atoms. The Morgan fingerprint density at radius 3 is 2.50 bits per heavy atom. The molecule has 0 atom stereocenters. The summed E-state index contributed by atoms with van der Waals surface area (Å²) < 4.78 is 8.00. The van der Waals surface area contributed by atoms with Crippen LogP contribution in [0.5, 0.6) is 5.75 Å². The van der Waals surface area contributed by atoms with E-state index >= 15 is 0 Å². The number of ether oxygens (including phenoxy) is 1. The Bertz CT molecular complexity index is 1170. The number of carbonyl (C=O) groups excluding carboxylic acids is 1. The number of carbonyl (C=O) groups is 1. The number of amides is 1. The van der Waals surface area contributed by atoms with Crippen LogP contribution in [0.4, 0.5) is 11.4 Å². The Kier molecular flexibility index (Phi) is 6.14. The zero-order valence-corrected chi connectivity index (χ0v) is 19.0. The Hall–Kier alpha value is -3.39. The van der Waals surface area contributed by atoms with E-state index in [0.717, 1.165) is 16.0 Å². The number of aromatic nitrogens is 2. The van der Waals surface area contributed by atoms with Gasteiger partial charge < -0.3 is 19.1 Å². The second kappa shape index (κ2) is 9.00. The Labute approximate surface area is 191 Å². The van der Waals surface area contributed by atoms with Crippen molar-refractivity contribution in [1.82, 2.24) is 14.5 Å². The van der Waals surface area contributed by atoms with Gasteiger partial charge >= 0.3 is 0 Å². The van der Waals surface area contributed by atoms with Gasteiger partial charge in [-0.15, -0.1) is 0 Å². The van der Waals surface area contributed by atoms with Crippen LogP contribution < -0.4 is 9.64 Å². The van der Waals surface area contributed by atoms with Gasteiger partial charge in [0.1, 0.15) is 17.1 Å². The average Bonchev–Trinajstić information content (AvgIpc) is 3.19. The number of halogens is 1. The van der Waals surface area contributed by atoms with Gasteiger partial charge in [-0.3, -0.25) is 4.79 Å². The maximum Gasteiger partial charge on any atom is 0.272 e. The predicted molar refractivity (Wildman–Crippen MR) is 124 cm³/mol. The van der Waals surface area contributed by atoms with Gasteiger partial charge in [-0.05, 0) is 18.2 Å². The highest BCUT2D eigenvalue weighted by Crippen LogP contribution is 2.33. The van der Waals surface area contributed by atoms with E-state index in [1.165, 1.54) is 7.05 Å². The molecule has 1 fully saturated rings. The van der Waals surface area contributed by atoms with E-state index in [1.807, 2.05) is 42.3 Å². The van der Waals surface area contributed by atoms with Crippen LogP contribution in [0.3, 0.4) is 0 Å². The fraction of sp³-hybridized carbons (Fsp3) is 0.304. The summed E-state index contributed by atoms with van der Waals surface area (Å²) in [6.45, 7) is 2.38. The topological polar surface area (TPSA) is 70.7 Å². The van der Waals surface area contributed by atoms with E-state index in [4.69, 9.17) is 16.3 Å². The summed E-state index contributed by atoms with van der Waals surface area (Å²) in [5.74, 6) is 0.604. The number of methoxy groups -OCH3 is 1. The van der Waals surface area contributed by atoms with Gasteiger partial charge in [0.2, 0.25) is 0 Å². The van der Waals surface area contributed by atoms with Crippen molar-refractivity contribution >= 4 is 28.9 Å². The summed E-state index contributed by atoms with van der Waals surface area (Å²) in [5.41, 5.74) is 3.29. The summed E-state index contributed by atoms with van der Waals surface area (Å²) in [6, 6.07) is 12.8. The molecule has 2 aromatic carbocycles. The molecule has 0 radical (unpaired) electrons. The van der Waals surface area contributed by atoms with Gasteiger partial charge in [-0.25, -0.2) is 4.98 Å². The van der Waals surface area contributed by atoms with Crippen molar-refractivity contribution < 1.29 is 14.3 Å². The molecule has 166 valence electrons. The van der Waals surface area contributed by atoms with Gasteiger partial charge in [0.25, 0.3) is 11.6 Å². The van der Waals surface area contributed by atoms with Crippen LogP contribution in [0.2, 0.25) is 5.02 Å². The zero-order valence-electron chi connectivity index (χ0n) is 18.3. The quantitative estimate of drug-likeness (QED) is 0.549. The third-order valence-electron chi connectivity index (χ3n) is 5.70. The smallest absolute Gasteiger partial charge is 0.272 e. The highest BCUT2D eigenvalue weighted by Gasteiger charge is 2.28. The highest BCUT2D eigenvalue weighted by molar-refractivity contribution is 6.33. The van der Waals surface area contributed by atoms with Crippen molar-refractivity contribution in [3.8, 4) is 17.0 Å². The summed E-state index contributed by atoms with van der Waals surface area (Å²) in [7, 11) is 4.87. The number of para-hydroxylation sites is 1. The third-order valence-corrected chi connectivity index (χ3v) is 6.01. The molecule has 1 saturated heterocycles. The molecule has 0 N–H and O–H groups in total. The molecule has 1 aromatic heterocycles. The fourth-order valence-corrected chi connectivity index (χ4v) is 4.26. The number of aryl methyl sites for hydroxylation is 1. The van der Waals surface area contributed by atoms with Gasteiger partial charge in [0.15, 0.2) is 7.05 Å². The molecule has 1 aliphatic heterocycles. The summed E-state index contributed by atoms with van der Waals surface area (Å²) >= 11 is 6.41. The first-order valence-electron chi connectivity index (χ1n) is 10.3. The van der Waals surface area contributed by atoms with Crippen LogP contribution in [-0.4, -0.2) is 65.5 Å². The lowest BCUT2D eigenvalue weighted by molar-refractivity contribution is -0.428. The standard InChI is InChI=1S/C23H25ClN5O3/c1-26-15-25-21(17-6-4-5-7-20(17)32-3)22(26)23(30)29-12-10-28(11-13-29)19-9-8-16(27(2)31)14-18(19)24/h4-9,14-15H,10-13H2,1-3H3/q+1. The zero-order chi connectivity index (χ0) is 22.8. The Morgan fingerprint density at radius 1 is 1.12 bits per heavy atom. The molecule has 1 amide bonds. The van der Waals surface area contributed by atoms with Crippen molar-refractivity contribution in [2.45, 2.75) is 0 Å². The molecular formula is C23H25ClN5O3+. The number of anilines is 1. The second-order valence-corrected chi connectivity index (χ2v) is 8.07. The van der Waals surface area contributed by atoms with Gasteiger partial charge in [-0.1, -0.05) is 23.7 Å². The summed E-state index contributed by atoms with van der Waals surface area (Å²) in [6.07, 6.45) is 1.65. The number of piperazine rings is 1. The predicted octanol–water partition coefficient (Wildman–Crippen LogP) is 3.75. The first kappa shape index (κ1) is 21.8. The minimum absolute atomic E-state index is 0.0695. The van der Waals surface area contributed by atoms with Crippen molar-refractivity contribution in [2.24, 2.45) is 7.05 Å². The number of hydrogen-bond donors (Lipinski definition) is 0. The SMILES string of the molecule is COc1ccccc1-c1ncn(C)c1C(=O)N1CCN(c2ccc([N+](C)=O)cc2Cl)CC1. The molecular weight excluding hydrogens is 430 g/mol. The van der Waals surface area contributed by atoms with Crippen molar-refractivity contribution in [2.75, 3.05) is 45.2 Å². The molecule has 2 heterocycles. The van der Waals surface area contributed by atoms with Crippen LogP contribution in [0.1, 0.15) is 10.5 Å². The van der Waals surface area contributed by atoms with Crippen LogP contribution >= 0.6 is 11.6 Å². The average molecular weight is 455 g/mol. The van der Waals surface area contributed by atoms with E-state index < -0.39 is 0 Å². The highest BCUT2D eigenvalue weighted by atomic mass is 35.5. The Balaban J connectivity index is 1.53. The number of nitroso groups, excluding NO2 is 1. The number of rotatable bonds is 5. The number of imidazole rings is 1. The van der Waals surface area contributed by atoms with E-state index in [0.29, 0.717) is 54.0 Å². The van der Waals surface area contributed by atoms with E-state index in [9.17, 15) is 9.70 Å². The number of hydrogen-bond acceptors (Lipinski definition) is 5. The molecule has 9 heteroatoms. The van der Waals surface area contributed by atoms with Gasteiger partial charge in [-0.2, -0.15) is 0 Å². The maximum absolute atomic E-state index is 13.4. The van der Waals surface area contributed by atoms with E-state index in [2.05, 4.69) is 9.88 Å². The summed E-state index contributed by atoms with van der Waals surface area (Å²) in [4.78, 5) is 33.4. The monoisotopic (exact) mass is 454 g/mol. The largest absolute Gasteiger partial charge is 0.496 e. The maximum atomic E-state index is 13.4. The molecule has 0 aliphatic carbocycles. The first-order valence-corrected chi connectivity index (χ1v) is 10.7. The number of nitrogens with zero attached hydrogens (tertiary/aromatic N) is 5. The lowest BCUT2D eigenvalue weighted by Crippen LogP contribution is -2.49. The molecule has 3 aromatic rings. The summed E-state index contributed by atoms with van der Waals surface area (Å²) in [5, 5.41) is 0.523. The van der Waals surface area contributed by atoms with Crippen LogP contribution in [0.25, 0.3) is 11.3 Å². The molecule has 4 rings (SSSR count). The molecule has 0 unspecified atom stereocenters.